The summed E-state index contributed by atoms with van der Waals surface area (Å²) >= 11 is 7.17. The van der Waals surface area contributed by atoms with E-state index in [4.69, 9.17) is 11.6 Å². The maximum Gasteiger partial charge on any atom is 0.257 e. The molecule has 0 atom stereocenters. The molecule has 4 nitrogen and oxygen atoms in total. The average Bonchev–Trinajstić information content (AvgIpc) is 3.02. The van der Waals surface area contributed by atoms with E-state index in [2.05, 4.69) is 15.5 Å². The average molecular weight is 344 g/mol. The first-order valence-corrected chi connectivity index (χ1v) is 8.42. The lowest BCUT2D eigenvalue weighted by Gasteiger charge is -2.02. The third-order valence-corrected chi connectivity index (χ3v) is 4.38. The Labute approximate surface area is 143 Å². The van der Waals surface area contributed by atoms with Crippen LogP contribution in [0.5, 0.6) is 0 Å². The Morgan fingerprint density at radius 3 is 2.61 bits per heavy atom. The number of hydrogen-bond acceptors (Lipinski definition) is 4. The summed E-state index contributed by atoms with van der Waals surface area (Å²) in [6.45, 7) is 0. The Morgan fingerprint density at radius 1 is 1.04 bits per heavy atom. The smallest absolute Gasteiger partial charge is 0.257 e. The standard InChI is InChI=1S/C17H14ClN3OS/c18-11-13-7-4-8-14(9-13)16(22)19-17-21-20-15(23-17)10-12-5-2-1-3-6-12/h1-9H,10-11H2,(H,19,21,22). The van der Waals surface area contributed by atoms with Gasteiger partial charge in [0, 0.05) is 17.9 Å². The van der Waals surface area contributed by atoms with Gasteiger partial charge >= 0.3 is 0 Å². The van der Waals surface area contributed by atoms with Crippen LogP contribution in [0.15, 0.2) is 54.6 Å². The van der Waals surface area contributed by atoms with E-state index in [0.717, 1.165) is 16.1 Å². The van der Waals surface area contributed by atoms with Crippen LogP contribution in [0, 0.1) is 0 Å². The third kappa shape index (κ3) is 4.15. The van der Waals surface area contributed by atoms with E-state index in [9.17, 15) is 4.79 Å². The zero-order valence-electron chi connectivity index (χ0n) is 12.2. The summed E-state index contributed by atoms with van der Waals surface area (Å²) in [4.78, 5) is 12.2. The van der Waals surface area contributed by atoms with Crippen molar-refractivity contribution in [3.63, 3.8) is 0 Å². The monoisotopic (exact) mass is 343 g/mol. The topological polar surface area (TPSA) is 54.9 Å². The first-order chi connectivity index (χ1) is 11.2. The highest BCUT2D eigenvalue weighted by Crippen LogP contribution is 2.19. The van der Waals surface area contributed by atoms with Gasteiger partial charge < -0.3 is 0 Å². The molecule has 23 heavy (non-hydrogen) atoms. The Hall–Kier alpha value is -2.24. The van der Waals surface area contributed by atoms with Crippen molar-refractivity contribution in [3.05, 3.63) is 76.3 Å². The highest BCUT2D eigenvalue weighted by molar-refractivity contribution is 7.15. The van der Waals surface area contributed by atoms with E-state index in [1.54, 1.807) is 12.1 Å². The van der Waals surface area contributed by atoms with Crippen LogP contribution in [0.25, 0.3) is 0 Å². The molecule has 3 rings (SSSR count). The Kier molecular flexibility index (Phi) is 5.00. The van der Waals surface area contributed by atoms with Crippen LogP contribution in [0.1, 0.15) is 26.5 Å². The highest BCUT2D eigenvalue weighted by atomic mass is 35.5. The van der Waals surface area contributed by atoms with E-state index < -0.39 is 0 Å². The van der Waals surface area contributed by atoms with E-state index in [-0.39, 0.29) is 5.91 Å². The van der Waals surface area contributed by atoms with Gasteiger partial charge in [-0.05, 0) is 23.3 Å². The minimum atomic E-state index is -0.209. The van der Waals surface area contributed by atoms with Crippen molar-refractivity contribution >= 4 is 34.0 Å². The minimum absolute atomic E-state index is 0.209. The molecular weight excluding hydrogens is 330 g/mol. The molecule has 1 amide bonds. The SMILES string of the molecule is O=C(Nc1nnc(Cc2ccccc2)s1)c1cccc(CCl)c1. The number of hydrogen-bond donors (Lipinski definition) is 1. The summed E-state index contributed by atoms with van der Waals surface area (Å²) in [5.41, 5.74) is 2.63. The second-order valence-corrected chi connectivity index (χ2v) is 6.28. The fourth-order valence-electron chi connectivity index (χ4n) is 2.11. The van der Waals surface area contributed by atoms with Gasteiger partial charge in [-0.25, -0.2) is 0 Å². The summed E-state index contributed by atoms with van der Waals surface area (Å²) in [7, 11) is 0. The summed E-state index contributed by atoms with van der Waals surface area (Å²) in [6, 6.07) is 17.2. The number of carbonyl (C=O) groups is 1. The van der Waals surface area contributed by atoms with Gasteiger partial charge in [0.15, 0.2) is 0 Å². The zero-order valence-corrected chi connectivity index (χ0v) is 13.8. The Balaban J connectivity index is 1.67. The van der Waals surface area contributed by atoms with Gasteiger partial charge in [-0.15, -0.1) is 21.8 Å². The minimum Gasteiger partial charge on any atom is -0.296 e. The summed E-state index contributed by atoms with van der Waals surface area (Å²) in [5.74, 6) is 0.167. The van der Waals surface area contributed by atoms with Crippen LogP contribution >= 0.6 is 22.9 Å². The number of amides is 1. The van der Waals surface area contributed by atoms with E-state index in [1.807, 2.05) is 42.5 Å². The predicted octanol–water partition coefficient (Wildman–Crippen LogP) is 4.12. The molecule has 0 saturated heterocycles. The number of aromatic nitrogens is 2. The van der Waals surface area contributed by atoms with Gasteiger partial charge in [-0.3, -0.25) is 10.1 Å². The summed E-state index contributed by atoms with van der Waals surface area (Å²) in [5, 5.41) is 12.3. The molecule has 0 aliphatic rings. The number of nitrogens with one attached hydrogen (secondary N) is 1. The number of alkyl halides is 1. The molecule has 0 saturated carbocycles. The molecule has 6 heteroatoms. The lowest BCUT2D eigenvalue weighted by molar-refractivity contribution is 0.102. The van der Waals surface area contributed by atoms with Crippen molar-refractivity contribution in [1.29, 1.82) is 0 Å². The second kappa shape index (κ2) is 7.35. The number of halogens is 1. The van der Waals surface area contributed by atoms with Gasteiger partial charge in [0.1, 0.15) is 5.01 Å². The molecule has 0 spiro atoms. The zero-order chi connectivity index (χ0) is 16.1. The van der Waals surface area contributed by atoms with Crippen molar-refractivity contribution in [2.45, 2.75) is 12.3 Å². The maximum atomic E-state index is 12.2. The van der Waals surface area contributed by atoms with Gasteiger partial charge in [0.05, 0.1) is 0 Å². The largest absolute Gasteiger partial charge is 0.296 e. The fourth-order valence-corrected chi connectivity index (χ4v) is 3.05. The molecule has 2 aromatic carbocycles. The molecule has 0 aliphatic carbocycles. The molecule has 1 aromatic heterocycles. The molecule has 0 radical (unpaired) electrons. The number of rotatable bonds is 5. The molecule has 1 heterocycles. The number of anilines is 1. The number of benzene rings is 2. The Bertz CT molecular complexity index is 804. The lowest BCUT2D eigenvalue weighted by Crippen LogP contribution is -2.11. The second-order valence-electron chi connectivity index (χ2n) is 4.95. The van der Waals surface area contributed by atoms with Crippen molar-refractivity contribution in [2.75, 3.05) is 5.32 Å². The predicted molar refractivity (Wildman–Crippen MR) is 93.1 cm³/mol. The first kappa shape index (κ1) is 15.6. The normalized spacial score (nSPS) is 10.5. The molecule has 0 fully saturated rings. The van der Waals surface area contributed by atoms with Gasteiger partial charge in [0.25, 0.3) is 5.91 Å². The van der Waals surface area contributed by atoms with Crippen LogP contribution in [-0.2, 0) is 12.3 Å². The van der Waals surface area contributed by atoms with Crippen molar-refractivity contribution in [3.8, 4) is 0 Å². The molecule has 1 N–H and O–H groups in total. The van der Waals surface area contributed by atoms with Crippen LogP contribution in [0.2, 0.25) is 0 Å². The van der Waals surface area contributed by atoms with E-state index in [0.29, 0.717) is 23.0 Å². The third-order valence-electron chi connectivity index (χ3n) is 3.23. The van der Waals surface area contributed by atoms with Crippen LogP contribution < -0.4 is 5.32 Å². The Morgan fingerprint density at radius 2 is 1.83 bits per heavy atom. The molecule has 116 valence electrons. The maximum absolute atomic E-state index is 12.2. The van der Waals surface area contributed by atoms with E-state index >= 15 is 0 Å². The van der Waals surface area contributed by atoms with E-state index in [1.165, 1.54) is 11.3 Å². The van der Waals surface area contributed by atoms with Gasteiger partial charge in [0.2, 0.25) is 5.13 Å². The fraction of sp³-hybridized carbons (Fsp3) is 0.118. The molecule has 0 aliphatic heterocycles. The number of carbonyl (C=O) groups excluding carboxylic acids is 1. The van der Waals surface area contributed by atoms with Crippen molar-refractivity contribution in [2.24, 2.45) is 0 Å². The molecular formula is C17H14ClN3OS. The molecule has 3 aromatic rings. The van der Waals surface area contributed by atoms with Gasteiger partial charge in [-0.1, -0.05) is 53.8 Å². The van der Waals surface area contributed by atoms with Crippen molar-refractivity contribution < 1.29 is 4.79 Å². The van der Waals surface area contributed by atoms with Crippen LogP contribution in [0.3, 0.4) is 0 Å². The highest BCUT2D eigenvalue weighted by Gasteiger charge is 2.11. The first-order valence-electron chi connectivity index (χ1n) is 7.07. The van der Waals surface area contributed by atoms with Crippen LogP contribution in [-0.4, -0.2) is 16.1 Å². The number of nitrogens with zero attached hydrogens (tertiary/aromatic N) is 2. The van der Waals surface area contributed by atoms with Gasteiger partial charge in [-0.2, -0.15) is 0 Å². The quantitative estimate of drug-likeness (QED) is 0.709. The lowest BCUT2D eigenvalue weighted by atomic mass is 10.1. The van der Waals surface area contributed by atoms with Crippen LogP contribution in [0.4, 0.5) is 5.13 Å². The molecule has 0 bridgehead atoms. The summed E-state index contributed by atoms with van der Waals surface area (Å²) < 4.78 is 0. The summed E-state index contributed by atoms with van der Waals surface area (Å²) in [6.07, 6.45) is 0.704. The molecule has 0 unspecified atom stereocenters. The van der Waals surface area contributed by atoms with Crippen molar-refractivity contribution in [1.82, 2.24) is 10.2 Å².